The third-order valence-corrected chi connectivity index (χ3v) is 13.8. The first-order chi connectivity index (χ1) is 25.8. The second-order valence-electron chi connectivity index (χ2n) is 15.0. The summed E-state index contributed by atoms with van der Waals surface area (Å²) in [6.07, 6.45) is 9.71. The van der Waals surface area contributed by atoms with Crippen LogP contribution in [0.3, 0.4) is 0 Å². The first-order valence-electron chi connectivity index (χ1n) is 17.7. The predicted molar refractivity (Wildman–Crippen MR) is 211 cm³/mol. The lowest BCUT2D eigenvalue weighted by Crippen LogP contribution is -2.28. The van der Waals surface area contributed by atoms with E-state index in [2.05, 4.69) is 0 Å². The van der Waals surface area contributed by atoms with Crippen molar-refractivity contribution >= 4 is 57.6 Å². The van der Waals surface area contributed by atoms with Crippen LogP contribution in [0, 0.1) is 0 Å². The average molecular weight is 856 g/mol. The third-order valence-electron chi connectivity index (χ3n) is 10.5. The largest absolute Gasteiger partial charge is 0.496 e. The summed E-state index contributed by atoms with van der Waals surface area (Å²) < 4.78 is 140. The van der Waals surface area contributed by atoms with Crippen LogP contribution in [0.2, 0.25) is 0 Å². The fourth-order valence-electron chi connectivity index (χ4n) is 7.76. The van der Waals surface area contributed by atoms with Gasteiger partial charge < -0.3 is 9.64 Å². The molecule has 0 fully saturated rings. The number of ether oxygens (including phenoxy) is 1. The molecular formula is C37H47N2O13S4+. The monoisotopic (exact) mass is 855 g/mol. The molecule has 3 aliphatic rings. The molecule has 0 radical (unpaired) electrons. The Morgan fingerprint density at radius 1 is 0.750 bits per heavy atom. The Morgan fingerprint density at radius 3 is 1.93 bits per heavy atom. The predicted octanol–water partition coefficient (Wildman–Crippen LogP) is 5.36. The smallest absolute Gasteiger partial charge is 0.294 e. The van der Waals surface area contributed by atoms with Crippen LogP contribution in [0.1, 0.15) is 70.9 Å². The zero-order valence-electron chi connectivity index (χ0n) is 31.6. The number of rotatable bonds is 14. The lowest BCUT2D eigenvalue weighted by molar-refractivity contribution is -0.437. The van der Waals surface area contributed by atoms with Crippen molar-refractivity contribution in [1.29, 1.82) is 0 Å². The number of fused-ring (bicyclic) bond motifs is 2. The SMILES string of the molecule is COC1=C(/C=C/C2=[N+](CCCS(=O)(=O)O)c3ccc(S(=O)(=O)O)cc3C2(C)C)CCC/C1=C\C=C1\N(CCCS(=O)(=O)O)c2ccc(S(=O)(=O)O)cc2C1(C)C. The van der Waals surface area contributed by atoms with E-state index < -0.39 is 62.8 Å². The molecule has 0 saturated heterocycles. The van der Waals surface area contributed by atoms with Crippen molar-refractivity contribution in [2.24, 2.45) is 0 Å². The maximum absolute atomic E-state index is 12.0. The maximum atomic E-state index is 12.0. The van der Waals surface area contributed by atoms with E-state index in [1.165, 1.54) is 24.3 Å². The summed E-state index contributed by atoms with van der Waals surface area (Å²) in [6.45, 7) is 7.89. The Bertz CT molecular complexity index is 2550. The van der Waals surface area contributed by atoms with Crippen molar-refractivity contribution in [2.45, 2.75) is 80.4 Å². The topological polar surface area (TPSA) is 233 Å². The lowest BCUT2D eigenvalue weighted by Gasteiger charge is -2.27. The summed E-state index contributed by atoms with van der Waals surface area (Å²) >= 11 is 0. The van der Waals surface area contributed by atoms with Gasteiger partial charge in [0.1, 0.15) is 12.3 Å². The number of allylic oxidation sites excluding steroid dienone is 7. The molecule has 0 spiro atoms. The van der Waals surface area contributed by atoms with Crippen molar-refractivity contribution in [3.05, 3.63) is 94.4 Å². The molecular weight excluding hydrogens is 809 g/mol. The molecule has 2 aromatic carbocycles. The first kappa shape index (κ1) is 43.4. The molecule has 0 aromatic heterocycles. The summed E-state index contributed by atoms with van der Waals surface area (Å²) in [5, 5.41) is 0. The van der Waals surface area contributed by atoms with E-state index in [9.17, 15) is 51.9 Å². The van der Waals surface area contributed by atoms with E-state index in [4.69, 9.17) is 4.74 Å². The zero-order chi connectivity index (χ0) is 41.6. The van der Waals surface area contributed by atoms with E-state index >= 15 is 0 Å². The molecule has 0 unspecified atom stereocenters. The van der Waals surface area contributed by atoms with Crippen LogP contribution in [-0.4, -0.2) is 93.9 Å². The fourth-order valence-corrected chi connectivity index (χ4v) is 9.77. The number of nitrogens with zero attached hydrogens (tertiary/aromatic N) is 2. The van der Waals surface area contributed by atoms with Crippen molar-refractivity contribution in [3.63, 3.8) is 0 Å². The molecule has 2 heterocycles. The molecule has 0 saturated carbocycles. The highest BCUT2D eigenvalue weighted by Crippen LogP contribution is 2.49. The van der Waals surface area contributed by atoms with E-state index in [0.29, 0.717) is 52.5 Å². The van der Waals surface area contributed by atoms with Gasteiger partial charge >= 0.3 is 0 Å². The molecule has 0 bridgehead atoms. The number of hydrogen-bond acceptors (Lipinski definition) is 10. The van der Waals surface area contributed by atoms with Crippen LogP contribution in [0.15, 0.2) is 93.1 Å². The van der Waals surface area contributed by atoms with Crippen LogP contribution >= 0.6 is 0 Å². The molecule has 0 amide bonds. The molecule has 4 N–H and O–H groups in total. The van der Waals surface area contributed by atoms with E-state index in [-0.39, 0.29) is 35.7 Å². The van der Waals surface area contributed by atoms with Crippen LogP contribution < -0.4 is 4.90 Å². The molecule has 0 atom stereocenters. The summed E-state index contributed by atoms with van der Waals surface area (Å²) in [5.41, 5.74) is 3.96. The van der Waals surface area contributed by atoms with Gasteiger partial charge in [0.15, 0.2) is 5.71 Å². The minimum atomic E-state index is -4.51. The molecule has 2 aliphatic heterocycles. The Hall–Kier alpha value is -3.69. The Morgan fingerprint density at radius 2 is 1.34 bits per heavy atom. The molecule has 306 valence electrons. The zero-order valence-corrected chi connectivity index (χ0v) is 34.9. The highest BCUT2D eigenvalue weighted by molar-refractivity contribution is 7.86. The Kier molecular flexibility index (Phi) is 12.1. The van der Waals surface area contributed by atoms with Gasteiger partial charge in [-0.2, -0.15) is 38.2 Å². The minimum Gasteiger partial charge on any atom is -0.496 e. The van der Waals surface area contributed by atoms with Gasteiger partial charge in [-0.05, 0) is 98.7 Å². The van der Waals surface area contributed by atoms with Gasteiger partial charge in [0.25, 0.3) is 40.5 Å². The second-order valence-corrected chi connectivity index (χ2v) is 21.0. The van der Waals surface area contributed by atoms with Gasteiger partial charge in [-0.3, -0.25) is 18.2 Å². The maximum Gasteiger partial charge on any atom is 0.294 e. The highest BCUT2D eigenvalue weighted by atomic mass is 32.2. The van der Waals surface area contributed by atoms with E-state index in [0.717, 1.165) is 17.6 Å². The van der Waals surface area contributed by atoms with Crippen LogP contribution in [0.4, 0.5) is 11.4 Å². The molecule has 5 rings (SSSR count). The van der Waals surface area contributed by atoms with Crippen molar-refractivity contribution in [3.8, 4) is 0 Å². The number of anilines is 1. The molecule has 19 heteroatoms. The van der Waals surface area contributed by atoms with Gasteiger partial charge in [-0.1, -0.05) is 19.9 Å². The van der Waals surface area contributed by atoms with Crippen molar-refractivity contribution < 1.29 is 61.2 Å². The highest BCUT2D eigenvalue weighted by Gasteiger charge is 2.45. The van der Waals surface area contributed by atoms with Crippen molar-refractivity contribution in [1.82, 2.24) is 0 Å². The van der Waals surface area contributed by atoms with Gasteiger partial charge in [0.05, 0.1) is 33.8 Å². The van der Waals surface area contributed by atoms with Crippen LogP contribution in [-0.2, 0) is 56.0 Å². The molecule has 1 aliphatic carbocycles. The quantitative estimate of drug-likeness (QED) is 0.138. The number of benzene rings is 2. The summed E-state index contributed by atoms with van der Waals surface area (Å²) in [7, 11) is -16.0. The van der Waals surface area contributed by atoms with Gasteiger partial charge in [-0.25, -0.2) is 0 Å². The standard InChI is InChI=1S/C37H46N2O13S4/c1-36(2)29-23-27(55(46,47)48)13-15-31(29)38(19-7-21-53(40,41)42)33(36)17-11-25-9-6-10-26(35(25)52-5)12-18-34-37(3,4)30-24-28(56(49,50)51)14-16-32(30)39(34)20-8-22-54(43,44)45/h11-18,23-24H,6-10,19-22H2,1-5H3,(H3-,40,41,42,43,44,45,46,47,48,49,50,51)/p+1. The molecule has 2 aromatic rings. The number of hydrogen-bond donors (Lipinski definition) is 4. The molecule has 56 heavy (non-hydrogen) atoms. The van der Waals surface area contributed by atoms with Crippen LogP contribution in [0.25, 0.3) is 0 Å². The van der Waals surface area contributed by atoms with Crippen LogP contribution in [0.5, 0.6) is 0 Å². The summed E-state index contributed by atoms with van der Waals surface area (Å²) in [6, 6.07) is 8.46. The van der Waals surface area contributed by atoms with Gasteiger partial charge in [0, 0.05) is 47.5 Å². The third kappa shape index (κ3) is 9.36. The molecule has 15 nitrogen and oxygen atoms in total. The second kappa shape index (κ2) is 15.6. The normalized spacial score (nSPS) is 20.1. The Labute approximate surface area is 328 Å². The number of methoxy groups -OCH3 is 1. The summed E-state index contributed by atoms with van der Waals surface area (Å²) in [5.74, 6) is -0.364. The van der Waals surface area contributed by atoms with Gasteiger partial charge in [-0.15, -0.1) is 0 Å². The van der Waals surface area contributed by atoms with Gasteiger partial charge in [0.2, 0.25) is 5.69 Å². The fraction of sp³-hybridized carbons (Fsp3) is 0.432. The van der Waals surface area contributed by atoms with Crippen molar-refractivity contribution in [2.75, 3.05) is 36.6 Å². The average Bonchev–Trinajstić information content (AvgIpc) is 3.41. The Balaban J connectivity index is 1.57. The summed E-state index contributed by atoms with van der Waals surface area (Å²) in [4.78, 5) is 1.31. The lowest BCUT2D eigenvalue weighted by atomic mass is 9.81. The first-order valence-corrected chi connectivity index (χ1v) is 23.8. The van der Waals surface area contributed by atoms with E-state index in [1.807, 2.05) is 61.5 Å². The van der Waals surface area contributed by atoms with E-state index in [1.54, 1.807) is 19.2 Å². The minimum absolute atomic E-state index is 0.0729.